The maximum absolute atomic E-state index is 11.9. The van der Waals surface area contributed by atoms with Crippen LogP contribution in [0.5, 0.6) is 0 Å². The van der Waals surface area contributed by atoms with Crippen LogP contribution < -0.4 is 0 Å². The molecule has 1 heterocycles. The van der Waals surface area contributed by atoms with Crippen molar-refractivity contribution in [1.82, 2.24) is 4.90 Å². The molecule has 1 atom stereocenters. The third kappa shape index (κ3) is 4.96. The zero-order valence-electron chi connectivity index (χ0n) is 12.6. The normalized spacial score (nSPS) is 12.2. The van der Waals surface area contributed by atoms with Gasteiger partial charge >= 0.3 is 5.97 Å². The molecule has 112 valence electrons. The molecule has 0 aliphatic heterocycles. The molecule has 0 saturated carbocycles. The highest BCUT2D eigenvalue weighted by atomic mass is 32.1. The molecular formula is C15H23NO3S. The lowest BCUT2D eigenvalue weighted by molar-refractivity contribution is -0.142. The van der Waals surface area contributed by atoms with E-state index in [0.717, 1.165) is 12.8 Å². The number of rotatable bonds is 7. The Morgan fingerprint density at radius 1 is 1.40 bits per heavy atom. The fourth-order valence-electron chi connectivity index (χ4n) is 2.14. The maximum Gasteiger partial charge on any atom is 0.308 e. The van der Waals surface area contributed by atoms with E-state index in [2.05, 4.69) is 19.9 Å². The van der Waals surface area contributed by atoms with Crippen LogP contribution >= 0.6 is 11.3 Å². The van der Waals surface area contributed by atoms with E-state index in [1.54, 1.807) is 25.3 Å². The van der Waals surface area contributed by atoms with Gasteiger partial charge in [-0.15, -0.1) is 11.3 Å². The second-order valence-corrected chi connectivity index (χ2v) is 6.77. The summed E-state index contributed by atoms with van der Waals surface area (Å²) in [7, 11) is 1.67. The first-order valence-electron chi connectivity index (χ1n) is 6.84. The Balaban J connectivity index is 2.36. The number of amides is 1. The molecule has 0 fully saturated rings. The van der Waals surface area contributed by atoms with Gasteiger partial charge in [-0.05, 0) is 38.3 Å². The fourth-order valence-corrected chi connectivity index (χ4v) is 3.12. The Kier molecular flexibility index (Phi) is 6.20. The van der Waals surface area contributed by atoms with Gasteiger partial charge < -0.3 is 10.0 Å². The zero-order valence-corrected chi connectivity index (χ0v) is 13.4. The van der Waals surface area contributed by atoms with E-state index in [0.29, 0.717) is 6.42 Å². The molecule has 1 aromatic heterocycles. The van der Waals surface area contributed by atoms with Crippen molar-refractivity contribution in [2.45, 2.75) is 40.0 Å². The van der Waals surface area contributed by atoms with Crippen molar-refractivity contribution in [2.75, 3.05) is 13.6 Å². The number of thiophene rings is 1. The lowest BCUT2D eigenvalue weighted by Crippen LogP contribution is -2.33. The van der Waals surface area contributed by atoms with Crippen molar-refractivity contribution < 1.29 is 14.7 Å². The summed E-state index contributed by atoms with van der Waals surface area (Å²) in [5.41, 5.74) is 1.32. The Bertz CT molecular complexity index is 481. The van der Waals surface area contributed by atoms with Gasteiger partial charge in [0.25, 0.3) is 0 Å². The van der Waals surface area contributed by atoms with Crippen LogP contribution in [0.2, 0.25) is 0 Å². The summed E-state index contributed by atoms with van der Waals surface area (Å²) in [6, 6.07) is 2.18. The van der Waals surface area contributed by atoms with Crippen molar-refractivity contribution in [1.29, 1.82) is 0 Å². The van der Waals surface area contributed by atoms with Crippen molar-refractivity contribution in [2.24, 2.45) is 5.92 Å². The third-order valence-corrected chi connectivity index (χ3v) is 4.38. The van der Waals surface area contributed by atoms with E-state index in [4.69, 9.17) is 5.11 Å². The van der Waals surface area contributed by atoms with Crippen LogP contribution in [0.1, 0.15) is 35.1 Å². The molecular weight excluding hydrogens is 274 g/mol. The van der Waals surface area contributed by atoms with Gasteiger partial charge in [-0.2, -0.15) is 0 Å². The van der Waals surface area contributed by atoms with Crippen LogP contribution in [0, 0.1) is 19.8 Å². The molecule has 4 nitrogen and oxygen atoms in total. The minimum Gasteiger partial charge on any atom is -0.481 e. The van der Waals surface area contributed by atoms with Gasteiger partial charge in [-0.3, -0.25) is 9.59 Å². The summed E-state index contributed by atoms with van der Waals surface area (Å²) < 4.78 is 0. The Hall–Kier alpha value is -1.36. The van der Waals surface area contributed by atoms with Crippen LogP contribution in [0.3, 0.4) is 0 Å². The van der Waals surface area contributed by atoms with E-state index in [1.807, 2.05) is 0 Å². The summed E-state index contributed by atoms with van der Waals surface area (Å²) >= 11 is 1.79. The number of carbonyl (C=O) groups is 2. The number of hydrogen-bond donors (Lipinski definition) is 1. The summed E-state index contributed by atoms with van der Waals surface area (Å²) in [6.45, 7) is 6.08. The molecule has 20 heavy (non-hydrogen) atoms. The molecule has 0 aliphatic carbocycles. The van der Waals surface area contributed by atoms with E-state index < -0.39 is 11.9 Å². The average Bonchev–Trinajstić information content (AvgIpc) is 2.67. The molecule has 1 unspecified atom stereocenters. The van der Waals surface area contributed by atoms with E-state index in [9.17, 15) is 9.59 Å². The Morgan fingerprint density at radius 3 is 2.55 bits per heavy atom. The monoisotopic (exact) mass is 297 g/mol. The van der Waals surface area contributed by atoms with Crippen LogP contribution in [0.15, 0.2) is 6.07 Å². The van der Waals surface area contributed by atoms with Gasteiger partial charge in [-0.25, -0.2) is 0 Å². The molecule has 0 saturated heterocycles. The Labute approximate surface area is 124 Å². The number of hydrogen-bond acceptors (Lipinski definition) is 3. The lowest BCUT2D eigenvalue weighted by atomic mass is 10.1. The first kappa shape index (κ1) is 16.7. The number of nitrogens with zero attached hydrogens (tertiary/aromatic N) is 1. The number of aryl methyl sites for hydroxylation is 3. The molecule has 1 amide bonds. The van der Waals surface area contributed by atoms with Crippen LogP contribution in [-0.2, 0) is 16.0 Å². The molecule has 0 aromatic carbocycles. The van der Waals surface area contributed by atoms with Gasteiger partial charge in [0, 0.05) is 29.8 Å². The van der Waals surface area contributed by atoms with Crippen molar-refractivity contribution in [3.8, 4) is 0 Å². The van der Waals surface area contributed by atoms with Crippen molar-refractivity contribution >= 4 is 23.2 Å². The molecule has 1 rings (SSSR count). The smallest absolute Gasteiger partial charge is 0.308 e. The molecule has 0 aliphatic rings. The Morgan fingerprint density at radius 2 is 2.05 bits per heavy atom. The largest absolute Gasteiger partial charge is 0.481 e. The summed E-state index contributed by atoms with van der Waals surface area (Å²) in [5, 5.41) is 8.83. The molecule has 5 heteroatoms. The molecule has 1 aromatic rings. The summed E-state index contributed by atoms with van der Waals surface area (Å²) in [5.74, 6) is -1.37. The predicted octanol–water partition coefficient (Wildman–Crippen LogP) is 2.87. The molecule has 1 N–H and O–H groups in total. The highest BCUT2D eigenvalue weighted by Crippen LogP contribution is 2.22. The second kappa shape index (κ2) is 7.43. The van der Waals surface area contributed by atoms with Gasteiger partial charge in [-0.1, -0.05) is 6.92 Å². The van der Waals surface area contributed by atoms with Crippen molar-refractivity contribution in [3.05, 3.63) is 21.4 Å². The number of carbonyl (C=O) groups excluding carboxylic acids is 1. The minimum atomic E-state index is -0.867. The topological polar surface area (TPSA) is 57.6 Å². The highest BCUT2D eigenvalue weighted by molar-refractivity contribution is 7.12. The van der Waals surface area contributed by atoms with Gasteiger partial charge in [0.05, 0.1) is 5.92 Å². The first-order valence-corrected chi connectivity index (χ1v) is 7.65. The van der Waals surface area contributed by atoms with E-state index in [-0.39, 0.29) is 12.5 Å². The number of carboxylic acid groups (broad SMARTS) is 1. The zero-order chi connectivity index (χ0) is 15.3. The highest BCUT2D eigenvalue weighted by Gasteiger charge is 2.17. The van der Waals surface area contributed by atoms with Crippen LogP contribution in [0.4, 0.5) is 0 Å². The fraction of sp³-hybridized carbons (Fsp3) is 0.600. The quantitative estimate of drug-likeness (QED) is 0.842. The number of aliphatic carboxylic acids is 1. The van der Waals surface area contributed by atoms with E-state index in [1.165, 1.54) is 20.2 Å². The standard InChI is InChI=1S/C15H23NO3S/c1-10(15(18)19)9-16(4)14(17)7-5-6-13-8-11(2)20-12(13)3/h8,10H,5-7,9H2,1-4H3,(H,18,19). The van der Waals surface area contributed by atoms with E-state index >= 15 is 0 Å². The van der Waals surface area contributed by atoms with Crippen LogP contribution in [-0.4, -0.2) is 35.5 Å². The van der Waals surface area contributed by atoms with Crippen LogP contribution in [0.25, 0.3) is 0 Å². The predicted molar refractivity (Wildman–Crippen MR) is 81.2 cm³/mol. The van der Waals surface area contributed by atoms with Gasteiger partial charge in [0.2, 0.25) is 5.91 Å². The molecule has 0 radical (unpaired) electrons. The molecule has 0 bridgehead atoms. The SMILES string of the molecule is Cc1cc(CCCC(=O)N(C)CC(C)C(=O)O)c(C)s1. The van der Waals surface area contributed by atoms with Gasteiger partial charge in [0.1, 0.15) is 0 Å². The second-order valence-electron chi connectivity index (χ2n) is 5.31. The summed E-state index contributed by atoms with van der Waals surface area (Å²) in [4.78, 5) is 26.8. The third-order valence-electron chi connectivity index (χ3n) is 3.38. The number of carboxylic acids is 1. The average molecular weight is 297 g/mol. The van der Waals surface area contributed by atoms with Gasteiger partial charge in [0.15, 0.2) is 0 Å². The first-order chi connectivity index (χ1) is 9.31. The minimum absolute atomic E-state index is 0.0164. The summed E-state index contributed by atoms with van der Waals surface area (Å²) in [6.07, 6.45) is 2.18. The lowest BCUT2D eigenvalue weighted by Gasteiger charge is -2.19. The van der Waals surface area contributed by atoms with Crippen molar-refractivity contribution in [3.63, 3.8) is 0 Å². The molecule has 0 spiro atoms. The maximum atomic E-state index is 11.9.